The Bertz CT molecular complexity index is 1590. The first-order valence-electron chi connectivity index (χ1n) is 12.7. The van der Waals surface area contributed by atoms with E-state index in [4.69, 9.17) is 4.98 Å². The molecule has 36 heavy (non-hydrogen) atoms. The molecule has 2 aliphatic rings. The molecule has 1 aliphatic heterocycles. The van der Waals surface area contributed by atoms with Crippen LogP contribution in [0.1, 0.15) is 19.3 Å². The van der Waals surface area contributed by atoms with Crippen molar-refractivity contribution in [2.75, 3.05) is 13.1 Å². The van der Waals surface area contributed by atoms with Crippen molar-refractivity contribution < 1.29 is 4.79 Å². The molecule has 7 rings (SSSR count). The number of fused-ring (bicyclic) bond motifs is 2. The molecule has 1 atom stereocenters. The van der Waals surface area contributed by atoms with Crippen LogP contribution in [0.15, 0.2) is 77.4 Å². The van der Waals surface area contributed by atoms with Crippen LogP contribution in [-0.2, 0) is 11.3 Å². The fraction of sp³-hybridized carbons (Fsp3) is 0.267. The summed E-state index contributed by atoms with van der Waals surface area (Å²) in [5.74, 6) is 2.09. The molecule has 180 valence electrons. The van der Waals surface area contributed by atoms with E-state index in [1.807, 2.05) is 6.20 Å². The van der Waals surface area contributed by atoms with Gasteiger partial charge in [-0.2, -0.15) is 0 Å². The average molecular weight is 539 g/mol. The molecule has 1 N–H and O–H groups in total. The Morgan fingerprint density at radius 1 is 0.944 bits per heavy atom. The summed E-state index contributed by atoms with van der Waals surface area (Å²) in [7, 11) is 0. The number of halogens is 1. The molecule has 6 heteroatoms. The fourth-order valence-electron chi connectivity index (χ4n) is 5.57. The fourth-order valence-corrected chi connectivity index (χ4v) is 5.92. The van der Waals surface area contributed by atoms with E-state index in [0.29, 0.717) is 17.7 Å². The third kappa shape index (κ3) is 3.94. The summed E-state index contributed by atoms with van der Waals surface area (Å²) < 4.78 is 3.41. The maximum absolute atomic E-state index is 12.6. The van der Waals surface area contributed by atoms with Crippen LogP contribution in [0.4, 0.5) is 0 Å². The smallest absolute Gasteiger partial charge is 0.225 e. The lowest BCUT2D eigenvalue weighted by Gasteiger charge is -2.18. The van der Waals surface area contributed by atoms with Gasteiger partial charge in [-0.05, 0) is 78.1 Å². The first-order chi connectivity index (χ1) is 17.6. The van der Waals surface area contributed by atoms with Gasteiger partial charge in [-0.3, -0.25) is 4.79 Å². The molecule has 1 saturated heterocycles. The van der Waals surface area contributed by atoms with Crippen LogP contribution in [0.5, 0.6) is 0 Å². The highest BCUT2D eigenvalue weighted by molar-refractivity contribution is 9.10. The third-order valence-corrected chi connectivity index (χ3v) is 8.20. The Morgan fingerprint density at radius 2 is 1.75 bits per heavy atom. The minimum atomic E-state index is 0.292. The van der Waals surface area contributed by atoms with E-state index < -0.39 is 0 Å². The lowest BCUT2D eigenvalue weighted by molar-refractivity contribution is -0.131. The van der Waals surface area contributed by atoms with Crippen LogP contribution in [0.3, 0.4) is 0 Å². The van der Waals surface area contributed by atoms with Crippen LogP contribution < -0.4 is 0 Å². The lowest BCUT2D eigenvalue weighted by atomic mass is 10.0. The SMILES string of the molecule is O=C(C1CC1)N1CC[C@@H](Cn2c(-c3ccc(-c4ccc5[nH]ccc5c4)cc3)nc3ccc(Br)cc32)C1. The topological polar surface area (TPSA) is 53.9 Å². The number of nitrogens with zero attached hydrogens (tertiary/aromatic N) is 3. The second-order valence-electron chi connectivity index (χ2n) is 10.2. The van der Waals surface area contributed by atoms with Crippen LogP contribution in [0.2, 0.25) is 0 Å². The van der Waals surface area contributed by atoms with Gasteiger partial charge in [0.15, 0.2) is 0 Å². The summed E-state index contributed by atoms with van der Waals surface area (Å²) in [6.07, 6.45) is 5.16. The molecular formula is C30H27BrN4O. The van der Waals surface area contributed by atoms with Gasteiger partial charge in [0.1, 0.15) is 5.82 Å². The minimum Gasteiger partial charge on any atom is -0.361 e. The lowest BCUT2D eigenvalue weighted by Crippen LogP contribution is -2.30. The number of H-pyrrole nitrogens is 1. The van der Waals surface area contributed by atoms with Crippen molar-refractivity contribution in [3.05, 3.63) is 77.4 Å². The highest BCUT2D eigenvalue weighted by Gasteiger charge is 2.36. The van der Waals surface area contributed by atoms with Gasteiger partial charge in [0.05, 0.1) is 11.0 Å². The van der Waals surface area contributed by atoms with Gasteiger partial charge in [-0.1, -0.05) is 46.3 Å². The summed E-state index contributed by atoms with van der Waals surface area (Å²) in [6.45, 7) is 2.59. The summed E-state index contributed by atoms with van der Waals surface area (Å²) in [5.41, 5.74) is 6.79. The second-order valence-corrected chi connectivity index (χ2v) is 11.2. The second kappa shape index (κ2) is 8.63. The molecule has 3 aromatic carbocycles. The first-order valence-corrected chi connectivity index (χ1v) is 13.5. The number of hydrogen-bond acceptors (Lipinski definition) is 2. The Morgan fingerprint density at radius 3 is 2.58 bits per heavy atom. The van der Waals surface area contributed by atoms with Gasteiger partial charge < -0.3 is 14.5 Å². The van der Waals surface area contributed by atoms with E-state index in [-0.39, 0.29) is 0 Å². The van der Waals surface area contributed by atoms with Crippen LogP contribution in [-0.4, -0.2) is 38.4 Å². The van der Waals surface area contributed by atoms with Crippen molar-refractivity contribution in [1.29, 1.82) is 0 Å². The van der Waals surface area contributed by atoms with E-state index in [2.05, 4.69) is 97.1 Å². The van der Waals surface area contributed by atoms with Crippen molar-refractivity contribution in [3.63, 3.8) is 0 Å². The molecule has 2 fully saturated rings. The maximum Gasteiger partial charge on any atom is 0.225 e. The highest BCUT2D eigenvalue weighted by Crippen LogP contribution is 2.35. The summed E-state index contributed by atoms with van der Waals surface area (Å²) in [5, 5.41) is 1.22. The zero-order valence-electron chi connectivity index (χ0n) is 20.0. The highest BCUT2D eigenvalue weighted by atomic mass is 79.9. The first kappa shape index (κ1) is 21.9. The molecule has 5 aromatic rings. The number of imidazole rings is 1. The predicted octanol–water partition coefficient (Wildman–Crippen LogP) is 6.87. The number of rotatable bonds is 5. The number of carbonyl (C=O) groups is 1. The Balaban J connectivity index is 1.21. The zero-order valence-corrected chi connectivity index (χ0v) is 21.5. The molecule has 2 aromatic heterocycles. The van der Waals surface area contributed by atoms with Gasteiger partial charge in [0, 0.05) is 47.3 Å². The number of amides is 1. The molecule has 0 bridgehead atoms. The maximum atomic E-state index is 12.6. The third-order valence-electron chi connectivity index (χ3n) is 7.70. The molecule has 0 unspecified atom stereocenters. The molecular weight excluding hydrogens is 512 g/mol. The molecule has 0 radical (unpaired) electrons. The van der Waals surface area contributed by atoms with Crippen molar-refractivity contribution in [1.82, 2.24) is 19.4 Å². The number of aromatic nitrogens is 3. The van der Waals surface area contributed by atoms with E-state index >= 15 is 0 Å². The average Bonchev–Trinajstić information content (AvgIpc) is 3.30. The molecule has 0 spiro atoms. The number of hydrogen-bond donors (Lipinski definition) is 1. The van der Waals surface area contributed by atoms with Crippen LogP contribution in [0.25, 0.3) is 44.5 Å². The standard InChI is InChI=1S/C30H27BrN4O/c31-25-8-10-27-28(16-25)35(18-19-12-14-34(17-19)30(36)22-5-6-22)29(33-27)21-3-1-20(2-4-21)23-7-9-26-24(15-23)11-13-32-26/h1-4,7-11,13,15-16,19,22,32H,5-6,12,14,17-18H2/t19-/m1/s1. The molecule has 5 nitrogen and oxygen atoms in total. The van der Waals surface area contributed by atoms with E-state index in [1.54, 1.807) is 0 Å². The van der Waals surface area contributed by atoms with Gasteiger partial charge in [0.25, 0.3) is 0 Å². The summed E-state index contributed by atoms with van der Waals surface area (Å²) in [4.78, 5) is 23.0. The normalized spacial score (nSPS) is 17.9. The van der Waals surface area contributed by atoms with Gasteiger partial charge >= 0.3 is 0 Å². The van der Waals surface area contributed by atoms with Crippen molar-refractivity contribution in [2.24, 2.45) is 11.8 Å². The van der Waals surface area contributed by atoms with E-state index in [0.717, 1.165) is 71.3 Å². The Kier molecular flexibility index (Phi) is 5.24. The molecule has 1 aliphatic carbocycles. The number of benzene rings is 3. The quantitative estimate of drug-likeness (QED) is 0.265. The number of nitrogens with one attached hydrogen (secondary N) is 1. The zero-order chi connectivity index (χ0) is 24.2. The van der Waals surface area contributed by atoms with E-state index in [1.165, 1.54) is 16.5 Å². The molecule has 3 heterocycles. The molecule has 1 saturated carbocycles. The Hall–Kier alpha value is -3.38. The van der Waals surface area contributed by atoms with E-state index in [9.17, 15) is 4.79 Å². The summed E-state index contributed by atoms with van der Waals surface area (Å²) in [6, 6.07) is 23.7. The largest absolute Gasteiger partial charge is 0.361 e. The Labute approximate surface area is 218 Å². The number of likely N-dealkylation sites (tertiary alicyclic amines) is 1. The monoisotopic (exact) mass is 538 g/mol. The van der Waals surface area contributed by atoms with Gasteiger partial charge in [-0.15, -0.1) is 0 Å². The van der Waals surface area contributed by atoms with Gasteiger partial charge in [-0.25, -0.2) is 4.98 Å². The van der Waals surface area contributed by atoms with Crippen molar-refractivity contribution in [2.45, 2.75) is 25.8 Å². The van der Waals surface area contributed by atoms with Crippen LogP contribution >= 0.6 is 15.9 Å². The summed E-state index contributed by atoms with van der Waals surface area (Å²) >= 11 is 3.65. The number of aromatic amines is 1. The van der Waals surface area contributed by atoms with Crippen molar-refractivity contribution >= 4 is 43.8 Å². The van der Waals surface area contributed by atoms with Crippen molar-refractivity contribution in [3.8, 4) is 22.5 Å². The van der Waals surface area contributed by atoms with Crippen LogP contribution in [0, 0.1) is 11.8 Å². The molecule has 1 amide bonds. The minimum absolute atomic E-state index is 0.292. The predicted molar refractivity (Wildman–Crippen MR) is 148 cm³/mol. The number of carbonyl (C=O) groups excluding carboxylic acids is 1. The van der Waals surface area contributed by atoms with Gasteiger partial charge in [0.2, 0.25) is 5.91 Å².